The molecule has 0 bridgehead atoms. The number of para-hydroxylation sites is 1. The average Bonchev–Trinajstić information content (AvgIpc) is 3.05. The van der Waals surface area contributed by atoms with Crippen molar-refractivity contribution in [1.82, 2.24) is 0 Å². The fraction of sp³-hybridized carbons (Fsp3) is 0.278. The van der Waals surface area contributed by atoms with E-state index in [-0.39, 0.29) is 12.0 Å². The van der Waals surface area contributed by atoms with Crippen LogP contribution >= 0.6 is 0 Å². The van der Waals surface area contributed by atoms with Gasteiger partial charge >= 0.3 is 0 Å². The number of nitrogens with one attached hydrogen (secondary N) is 2. The molecule has 4 N–H and O–H groups in total. The van der Waals surface area contributed by atoms with Gasteiger partial charge in [0.2, 0.25) is 0 Å². The molecule has 0 radical (unpaired) electrons. The molecule has 0 aromatic heterocycles. The van der Waals surface area contributed by atoms with E-state index in [9.17, 15) is 4.79 Å². The number of hydrogen-bond donors (Lipinski definition) is 3. The van der Waals surface area contributed by atoms with Crippen LogP contribution < -0.4 is 16.4 Å². The SMILES string of the molecule is NC[C@H]1CC[C@@H](C(=O)Nc2cccc(Nc3ccccc3)c2)O1. The van der Waals surface area contributed by atoms with Crippen LogP contribution in [0.25, 0.3) is 0 Å². The lowest BCUT2D eigenvalue weighted by molar-refractivity contribution is -0.126. The summed E-state index contributed by atoms with van der Waals surface area (Å²) in [7, 11) is 0. The molecule has 0 unspecified atom stereocenters. The number of nitrogens with two attached hydrogens (primary N) is 1. The van der Waals surface area contributed by atoms with Gasteiger partial charge in [-0.05, 0) is 43.2 Å². The van der Waals surface area contributed by atoms with Crippen LogP contribution in [-0.4, -0.2) is 24.7 Å². The summed E-state index contributed by atoms with van der Waals surface area (Å²) in [6, 6.07) is 17.5. The Kier molecular flexibility index (Phi) is 4.90. The molecule has 120 valence electrons. The smallest absolute Gasteiger partial charge is 0.253 e. The third-order valence-corrected chi connectivity index (χ3v) is 3.86. The van der Waals surface area contributed by atoms with Crippen LogP contribution in [0.15, 0.2) is 54.6 Å². The lowest BCUT2D eigenvalue weighted by atomic mass is 10.2. The molecule has 5 nitrogen and oxygen atoms in total. The molecule has 0 aliphatic carbocycles. The minimum atomic E-state index is -0.408. The predicted molar refractivity (Wildman–Crippen MR) is 91.7 cm³/mol. The van der Waals surface area contributed by atoms with Crippen molar-refractivity contribution < 1.29 is 9.53 Å². The van der Waals surface area contributed by atoms with Gasteiger partial charge in [0.15, 0.2) is 0 Å². The van der Waals surface area contributed by atoms with Crippen molar-refractivity contribution in [3.63, 3.8) is 0 Å². The minimum Gasteiger partial charge on any atom is -0.364 e. The van der Waals surface area contributed by atoms with E-state index in [1.54, 1.807) is 0 Å². The van der Waals surface area contributed by atoms with E-state index in [4.69, 9.17) is 10.5 Å². The highest BCUT2D eigenvalue weighted by molar-refractivity contribution is 5.94. The third kappa shape index (κ3) is 4.09. The standard InChI is InChI=1S/C18H21N3O2/c19-12-16-9-10-17(23-16)18(22)21-15-8-4-7-14(11-15)20-13-5-2-1-3-6-13/h1-8,11,16-17,20H,9-10,12,19H2,(H,21,22)/t16-,17+/m1/s1. The van der Waals surface area contributed by atoms with Crippen molar-refractivity contribution >= 4 is 23.0 Å². The molecule has 1 saturated heterocycles. The Morgan fingerprint density at radius 1 is 1.04 bits per heavy atom. The highest BCUT2D eigenvalue weighted by atomic mass is 16.5. The van der Waals surface area contributed by atoms with Gasteiger partial charge in [-0.1, -0.05) is 24.3 Å². The van der Waals surface area contributed by atoms with E-state index in [0.29, 0.717) is 6.54 Å². The summed E-state index contributed by atoms with van der Waals surface area (Å²) in [6.07, 6.45) is 1.14. The van der Waals surface area contributed by atoms with Gasteiger partial charge in [-0.15, -0.1) is 0 Å². The van der Waals surface area contributed by atoms with Crippen molar-refractivity contribution in [1.29, 1.82) is 0 Å². The third-order valence-electron chi connectivity index (χ3n) is 3.86. The van der Waals surface area contributed by atoms with Crippen LogP contribution in [0.4, 0.5) is 17.1 Å². The summed E-state index contributed by atoms with van der Waals surface area (Å²) in [4.78, 5) is 12.2. The number of carbonyl (C=O) groups is 1. The molecule has 1 aliphatic rings. The zero-order chi connectivity index (χ0) is 16.1. The first-order valence-corrected chi connectivity index (χ1v) is 7.83. The lowest BCUT2D eigenvalue weighted by Gasteiger charge is -2.14. The fourth-order valence-corrected chi connectivity index (χ4v) is 2.66. The minimum absolute atomic E-state index is 0.00293. The first-order chi connectivity index (χ1) is 11.2. The summed E-state index contributed by atoms with van der Waals surface area (Å²) in [5.74, 6) is -0.113. The number of hydrogen-bond acceptors (Lipinski definition) is 4. The molecule has 1 aliphatic heterocycles. The summed E-state index contributed by atoms with van der Waals surface area (Å²) >= 11 is 0. The molecule has 2 aromatic rings. The van der Waals surface area contributed by atoms with Gasteiger partial charge in [-0.25, -0.2) is 0 Å². The van der Waals surface area contributed by atoms with E-state index >= 15 is 0 Å². The quantitative estimate of drug-likeness (QED) is 0.793. The molecule has 0 spiro atoms. The van der Waals surface area contributed by atoms with Gasteiger partial charge < -0.3 is 21.1 Å². The highest BCUT2D eigenvalue weighted by Gasteiger charge is 2.29. The maximum absolute atomic E-state index is 12.2. The van der Waals surface area contributed by atoms with Crippen molar-refractivity contribution in [3.8, 4) is 0 Å². The second-order valence-corrected chi connectivity index (χ2v) is 5.62. The van der Waals surface area contributed by atoms with E-state index in [2.05, 4.69) is 10.6 Å². The number of ether oxygens (including phenoxy) is 1. The van der Waals surface area contributed by atoms with E-state index in [1.165, 1.54) is 0 Å². The van der Waals surface area contributed by atoms with Gasteiger partial charge in [-0.3, -0.25) is 4.79 Å². The van der Waals surface area contributed by atoms with Crippen molar-refractivity contribution in [3.05, 3.63) is 54.6 Å². The van der Waals surface area contributed by atoms with Gasteiger partial charge in [0.05, 0.1) is 6.10 Å². The van der Waals surface area contributed by atoms with Crippen LogP contribution in [0.3, 0.4) is 0 Å². The molecule has 3 rings (SSSR count). The number of carbonyl (C=O) groups excluding carboxylic acids is 1. The summed E-state index contributed by atoms with van der Waals surface area (Å²) in [6.45, 7) is 0.459. The molecule has 1 amide bonds. The lowest BCUT2D eigenvalue weighted by Crippen LogP contribution is -2.29. The van der Waals surface area contributed by atoms with E-state index in [1.807, 2.05) is 54.6 Å². The van der Waals surface area contributed by atoms with E-state index < -0.39 is 6.10 Å². The van der Waals surface area contributed by atoms with Crippen molar-refractivity contribution in [2.75, 3.05) is 17.2 Å². The Hall–Kier alpha value is -2.37. The number of amides is 1. The normalized spacial score (nSPS) is 20.2. The maximum Gasteiger partial charge on any atom is 0.253 e. The molecule has 5 heteroatoms. The molecule has 0 saturated carbocycles. The molecular weight excluding hydrogens is 290 g/mol. The molecular formula is C18H21N3O2. The van der Waals surface area contributed by atoms with Gasteiger partial charge in [-0.2, -0.15) is 0 Å². The van der Waals surface area contributed by atoms with Crippen LogP contribution in [0, 0.1) is 0 Å². The number of anilines is 3. The highest BCUT2D eigenvalue weighted by Crippen LogP contribution is 2.23. The molecule has 1 heterocycles. The Morgan fingerprint density at radius 3 is 2.52 bits per heavy atom. The fourth-order valence-electron chi connectivity index (χ4n) is 2.66. The Bertz CT molecular complexity index is 660. The monoisotopic (exact) mass is 311 g/mol. The number of benzene rings is 2. The van der Waals surface area contributed by atoms with Gasteiger partial charge in [0.1, 0.15) is 6.10 Å². The molecule has 1 fully saturated rings. The van der Waals surface area contributed by atoms with Crippen molar-refractivity contribution in [2.24, 2.45) is 5.73 Å². The van der Waals surface area contributed by atoms with Crippen LogP contribution in [0.5, 0.6) is 0 Å². The van der Waals surface area contributed by atoms with Crippen LogP contribution in [0.1, 0.15) is 12.8 Å². The van der Waals surface area contributed by atoms with E-state index in [0.717, 1.165) is 29.9 Å². The Morgan fingerprint density at radius 2 is 1.78 bits per heavy atom. The van der Waals surface area contributed by atoms with Crippen molar-refractivity contribution in [2.45, 2.75) is 25.0 Å². The second kappa shape index (κ2) is 7.26. The topological polar surface area (TPSA) is 76.4 Å². The van der Waals surface area contributed by atoms with Gasteiger partial charge in [0, 0.05) is 23.6 Å². The molecule has 2 atom stereocenters. The van der Waals surface area contributed by atoms with Crippen LogP contribution in [0.2, 0.25) is 0 Å². The summed E-state index contributed by atoms with van der Waals surface area (Å²) in [5, 5.41) is 6.21. The number of rotatable bonds is 5. The zero-order valence-corrected chi connectivity index (χ0v) is 12.9. The Balaban J connectivity index is 1.62. The van der Waals surface area contributed by atoms with Crippen LogP contribution in [-0.2, 0) is 9.53 Å². The molecule has 23 heavy (non-hydrogen) atoms. The Labute approximate surface area is 135 Å². The first-order valence-electron chi connectivity index (χ1n) is 7.83. The molecule has 2 aromatic carbocycles. The second-order valence-electron chi connectivity index (χ2n) is 5.62. The first kappa shape index (κ1) is 15.5. The summed E-state index contributed by atoms with van der Waals surface area (Å²) < 4.78 is 5.62. The maximum atomic E-state index is 12.2. The average molecular weight is 311 g/mol. The zero-order valence-electron chi connectivity index (χ0n) is 12.9. The van der Waals surface area contributed by atoms with Gasteiger partial charge in [0.25, 0.3) is 5.91 Å². The predicted octanol–water partition coefficient (Wildman–Crippen LogP) is 2.88. The largest absolute Gasteiger partial charge is 0.364 e. The summed E-state index contributed by atoms with van der Waals surface area (Å²) in [5.41, 5.74) is 8.24.